The molecule has 3 fully saturated rings. The lowest BCUT2D eigenvalue weighted by Crippen LogP contribution is -2.68. The second-order valence-electron chi connectivity index (χ2n) is 7.68. The summed E-state index contributed by atoms with van der Waals surface area (Å²) in [5, 5.41) is 0. The Morgan fingerprint density at radius 1 is 1.17 bits per heavy atom. The zero-order valence-electron chi connectivity index (χ0n) is 14.4. The van der Waals surface area contributed by atoms with Gasteiger partial charge in [0.05, 0.1) is 6.10 Å². The number of primary amides is 1. The van der Waals surface area contributed by atoms with E-state index in [9.17, 15) is 9.59 Å². The molecule has 0 saturated heterocycles. The largest absolute Gasteiger partial charge is 0.378 e. The zero-order valence-corrected chi connectivity index (χ0v) is 14.4. The van der Waals surface area contributed by atoms with Gasteiger partial charge in [-0.1, -0.05) is 6.42 Å². The predicted molar refractivity (Wildman–Crippen MR) is 87.5 cm³/mol. The lowest BCUT2D eigenvalue weighted by molar-refractivity contribution is -0.204. The molecule has 5 heteroatoms. The first-order chi connectivity index (χ1) is 11.0. The van der Waals surface area contributed by atoms with Gasteiger partial charge in [0, 0.05) is 36.9 Å². The molecule has 0 aromatic heterocycles. The molecule has 130 valence electrons. The summed E-state index contributed by atoms with van der Waals surface area (Å²) in [5.74, 6) is 0.0857. The maximum atomic E-state index is 12.9. The minimum absolute atomic E-state index is 0.0339. The standard InChI is InChI=1S/C18H30N2O3/c1-3-23-15-11-14(18(15)9-4-10-18)20(2)17(22)13-7-5-12(6-8-13)16(19)21/h12-15H,3-11H2,1-2H3,(H2,19,21)/t12?,13?,14-,15+/m0/s1. The van der Waals surface area contributed by atoms with Crippen LogP contribution in [0.15, 0.2) is 0 Å². The van der Waals surface area contributed by atoms with Crippen molar-refractivity contribution in [3.8, 4) is 0 Å². The summed E-state index contributed by atoms with van der Waals surface area (Å²) in [6, 6.07) is 0.342. The molecular weight excluding hydrogens is 292 g/mol. The molecule has 3 aliphatic carbocycles. The molecular formula is C18H30N2O3. The summed E-state index contributed by atoms with van der Waals surface area (Å²) < 4.78 is 5.89. The third kappa shape index (κ3) is 2.77. The van der Waals surface area contributed by atoms with Crippen LogP contribution in [-0.4, -0.2) is 42.5 Å². The fourth-order valence-electron chi connectivity index (χ4n) is 5.01. The number of hydrogen-bond acceptors (Lipinski definition) is 3. The van der Waals surface area contributed by atoms with Crippen LogP contribution in [0.5, 0.6) is 0 Å². The van der Waals surface area contributed by atoms with Crippen LogP contribution in [0.3, 0.4) is 0 Å². The van der Waals surface area contributed by atoms with Crippen LogP contribution in [-0.2, 0) is 14.3 Å². The smallest absolute Gasteiger partial charge is 0.225 e. The van der Waals surface area contributed by atoms with Crippen LogP contribution >= 0.6 is 0 Å². The highest BCUT2D eigenvalue weighted by Crippen LogP contribution is 2.59. The van der Waals surface area contributed by atoms with Crippen molar-refractivity contribution >= 4 is 11.8 Å². The average Bonchev–Trinajstić information content (AvgIpc) is 2.48. The second-order valence-corrected chi connectivity index (χ2v) is 7.68. The molecule has 0 aliphatic heterocycles. The molecule has 1 spiro atoms. The second kappa shape index (κ2) is 6.42. The van der Waals surface area contributed by atoms with Crippen LogP contribution in [0.4, 0.5) is 0 Å². The van der Waals surface area contributed by atoms with Crippen molar-refractivity contribution < 1.29 is 14.3 Å². The Morgan fingerprint density at radius 2 is 1.78 bits per heavy atom. The minimum atomic E-state index is -0.212. The SMILES string of the molecule is CCO[C@@H]1C[C@H](N(C)C(=O)C2CCC(C(N)=O)CC2)C12CCC2. The molecule has 2 N–H and O–H groups in total. The van der Waals surface area contributed by atoms with Crippen LogP contribution in [0, 0.1) is 17.3 Å². The van der Waals surface area contributed by atoms with Gasteiger partial charge in [0.25, 0.3) is 0 Å². The Balaban J connectivity index is 1.57. The number of hydrogen-bond donors (Lipinski definition) is 1. The van der Waals surface area contributed by atoms with Crippen molar-refractivity contribution in [3.05, 3.63) is 0 Å². The summed E-state index contributed by atoms with van der Waals surface area (Å²) in [4.78, 5) is 26.1. The van der Waals surface area contributed by atoms with Gasteiger partial charge in [-0.3, -0.25) is 9.59 Å². The lowest BCUT2D eigenvalue weighted by atomic mass is 9.50. The molecule has 3 saturated carbocycles. The van der Waals surface area contributed by atoms with Gasteiger partial charge in [0.1, 0.15) is 0 Å². The number of nitrogens with zero attached hydrogens (tertiary/aromatic N) is 1. The maximum Gasteiger partial charge on any atom is 0.225 e. The summed E-state index contributed by atoms with van der Waals surface area (Å²) in [6.45, 7) is 2.81. The fraction of sp³-hybridized carbons (Fsp3) is 0.889. The van der Waals surface area contributed by atoms with Crippen LogP contribution in [0.2, 0.25) is 0 Å². The Kier molecular flexibility index (Phi) is 4.68. The molecule has 0 unspecified atom stereocenters. The fourth-order valence-corrected chi connectivity index (χ4v) is 5.01. The number of nitrogens with two attached hydrogens (primary N) is 1. The first-order valence-electron chi connectivity index (χ1n) is 9.17. The number of amides is 2. The highest BCUT2D eigenvalue weighted by Gasteiger charge is 2.61. The highest BCUT2D eigenvalue weighted by atomic mass is 16.5. The van der Waals surface area contributed by atoms with Gasteiger partial charge in [0.15, 0.2) is 0 Å². The summed E-state index contributed by atoms with van der Waals surface area (Å²) in [7, 11) is 1.97. The van der Waals surface area contributed by atoms with Crippen molar-refractivity contribution in [2.24, 2.45) is 23.0 Å². The van der Waals surface area contributed by atoms with Gasteiger partial charge in [-0.05, 0) is 51.9 Å². The first-order valence-corrected chi connectivity index (χ1v) is 9.17. The van der Waals surface area contributed by atoms with Crippen molar-refractivity contribution in [3.63, 3.8) is 0 Å². The van der Waals surface area contributed by atoms with E-state index in [0.717, 1.165) is 38.7 Å². The van der Waals surface area contributed by atoms with E-state index in [1.807, 2.05) is 18.9 Å². The van der Waals surface area contributed by atoms with Crippen LogP contribution < -0.4 is 5.73 Å². The van der Waals surface area contributed by atoms with E-state index in [2.05, 4.69) is 0 Å². The number of carbonyl (C=O) groups excluding carboxylic acids is 2. The summed E-state index contributed by atoms with van der Waals surface area (Å²) in [6.07, 6.45) is 8.07. The quantitative estimate of drug-likeness (QED) is 0.842. The normalized spacial score (nSPS) is 35.2. The van der Waals surface area contributed by atoms with Crippen molar-refractivity contribution in [1.29, 1.82) is 0 Å². The highest BCUT2D eigenvalue weighted by molar-refractivity contribution is 5.80. The molecule has 0 aromatic rings. The van der Waals surface area contributed by atoms with Gasteiger partial charge >= 0.3 is 0 Å². The van der Waals surface area contributed by atoms with Gasteiger partial charge in [-0.25, -0.2) is 0 Å². The van der Waals surface area contributed by atoms with Gasteiger partial charge < -0.3 is 15.4 Å². The third-order valence-corrected chi connectivity index (χ3v) is 6.69. The van der Waals surface area contributed by atoms with Gasteiger partial charge in [0.2, 0.25) is 11.8 Å². The molecule has 0 aromatic carbocycles. The van der Waals surface area contributed by atoms with Crippen molar-refractivity contribution in [1.82, 2.24) is 4.90 Å². The number of ether oxygens (including phenoxy) is 1. The Bertz CT molecular complexity index is 467. The molecule has 3 aliphatic rings. The zero-order chi connectivity index (χ0) is 16.6. The Labute approximate surface area is 138 Å². The van der Waals surface area contributed by atoms with Crippen LogP contribution in [0.1, 0.15) is 58.3 Å². The molecule has 0 heterocycles. The molecule has 2 atom stereocenters. The summed E-state index contributed by atoms with van der Waals surface area (Å²) >= 11 is 0. The van der Waals surface area contributed by atoms with Crippen LogP contribution in [0.25, 0.3) is 0 Å². The van der Waals surface area contributed by atoms with E-state index in [1.165, 1.54) is 19.3 Å². The van der Waals surface area contributed by atoms with E-state index >= 15 is 0 Å². The molecule has 0 radical (unpaired) electrons. The molecule has 5 nitrogen and oxygen atoms in total. The monoisotopic (exact) mass is 322 g/mol. The van der Waals surface area contributed by atoms with E-state index in [-0.39, 0.29) is 29.1 Å². The molecule has 23 heavy (non-hydrogen) atoms. The molecule has 2 amide bonds. The summed E-state index contributed by atoms with van der Waals surface area (Å²) in [5.41, 5.74) is 5.61. The van der Waals surface area contributed by atoms with Crippen molar-refractivity contribution in [2.75, 3.05) is 13.7 Å². The predicted octanol–water partition coefficient (Wildman–Crippen LogP) is 2.08. The molecule has 0 bridgehead atoms. The number of rotatable bonds is 5. The average molecular weight is 322 g/mol. The van der Waals surface area contributed by atoms with Gasteiger partial charge in [-0.15, -0.1) is 0 Å². The van der Waals surface area contributed by atoms with E-state index in [1.54, 1.807) is 0 Å². The topological polar surface area (TPSA) is 72.6 Å². The Hall–Kier alpha value is -1.10. The maximum absolute atomic E-state index is 12.9. The van der Waals surface area contributed by atoms with E-state index < -0.39 is 0 Å². The Morgan fingerprint density at radius 3 is 2.26 bits per heavy atom. The van der Waals surface area contributed by atoms with Gasteiger partial charge in [-0.2, -0.15) is 0 Å². The molecule has 3 rings (SSSR count). The lowest BCUT2D eigenvalue weighted by Gasteiger charge is -2.63. The number of carbonyl (C=O) groups is 2. The third-order valence-electron chi connectivity index (χ3n) is 6.69. The van der Waals surface area contributed by atoms with E-state index in [0.29, 0.717) is 12.1 Å². The van der Waals surface area contributed by atoms with E-state index in [4.69, 9.17) is 10.5 Å². The van der Waals surface area contributed by atoms with Crippen molar-refractivity contribution in [2.45, 2.75) is 70.4 Å². The minimum Gasteiger partial charge on any atom is -0.378 e. The first kappa shape index (κ1) is 16.7.